The first-order valence-electron chi connectivity index (χ1n) is 8.16. The Morgan fingerprint density at radius 3 is 2.29 bits per heavy atom. The summed E-state index contributed by atoms with van der Waals surface area (Å²) in [6, 6.07) is 8.51. The van der Waals surface area contributed by atoms with E-state index in [-0.39, 0.29) is 11.8 Å². The molecule has 1 aromatic carbocycles. The highest BCUT2D eigenvalue weighted by atomic mass is 16.2. The van der Waals surface area contributed by atoms with Crippen molar-refractivity contribution in [2.45, 2.75) is 45.1 Å². The molecule has 2 fully saturated rings. The van der Waals surface area contributed by atoms with Crippen molar-refractivity contribution in [1.82, 2.24) is 0 Å². The van der Waals surface area contributed by atoms with Crippen molar-refractivity contribution in [2.24, 2.45) is 23.5 Å². The van der Waals surface area contributed by atoms with E-state index in [4.69, 9.17) is 5.73 Å². The van der Waals surface area contributed by atoms with Gasteiger partial charge in [-0.2, -0.15) is 0 Å². The molecule has 0 aliphatic heterocycles. The van der Waals surface area contributed by atoms with E-state index in [1.165, 1.54) is 24.8 Å². The zero-order valence-corrected chi connectivity index (χ0v) is 13.1. The summed E-state index contributed by atoms with van der Waals surface area (Å²) in [6.45, 7) is 2.06. The largest absolute Gasteiger partial charge is 0.327 e. The number of aryl methyl sites for hydroxylation is 1. The van der Waals surface area contributed by atoms with Gasteiger partial charge in [-0.15, -0.1) is 0 Å². The Labute approximate surface area is 127 Å². The first-order valence-corrected chi connectivity index (χ1v) is 8.16. The maximum atomic E-state index is 12.8. The van der Waals surface area contributed by atoms with Gasteiger partial charge in [0.1, 0.15) is 0 Å². The normalized spacial score (nSPS) is 31.8. The molecule has 2 aliphatic carbocycles. The second-order valence-corrected chi connectivity index (χ2v) is 6.93. The smallest absolute Gasteiger partial charge is 0.229 e. The number of carbonyl (C=O) groups is 1. The van der Waals surface area contributed by atoms with Gasteiger partial charge in [-0.1, -0.05) is 24.1 Å². The number of nitrogens with zero attached hydrogens (tertiary/aromatic N) is 1. The minimum Gasteiger partial charge on any atom is -0.327 e. The van der Waals surface area contributed by atoms with E-state index in [1.807, 2.05) is 24.1 Å². The van der Waals surface area contributed by atoms with Crippen molar-refractivity contribution in [1.29, 1.82) is 0 Å². The van der Waals surface area contributed by atoms with Crippen molar-refractivity contribution in [3.05, 3.63) is 29.8 Å². The van der Waals surface area contributed by atoms with Crippen molar-refractivity contribution < 1.29 is 4.79 Å². The molecule has 2 saturated carbocycles. The summed E-state index contributed by atoms with van der Waals surface area (Å²) >= 11 is 0. The van der Waals surface area contributed by atoms with E-state index >= 15 is 0 Å². The van der Waals surface area contributed by atoms with Crippen LogP contribution >= 0.6 is 0 Å². The highest BCUT2D eigenvalue weighted by molar-refractivity contribution is 5.94. The minimum absolute atomic E-state index is 0.159. The van der Waals surface area contributed by atoms with E-state index in [9.17, 15) is 4.79 Å². The molecule has 3 heteroatoms. The minimum atomic E-state index is 0.159. The van der Waals surface area contributed by atoms with Gasteiger partial charge in [-0.3, -0.25) is 4.79 Å². The van der Waals surface area contributed by atoms with Crippen LogP contribution in [0, 0.1) is 24.7 Å². The first kappa shape index (κ1) is 14.6. The number of hydrogen-bond donors (Lipinski definition) is 1. The van der Waals surface area contributed by atoms with Crippen molar-refractivity contribution in [3.8, 4) is 0 Å². The first-order chi connectivity index (χ1) is 10.1. The molecule has 2 aliphatic rings. The van der Waals surface area contributed by atoms with E-state index in [0.717, 1.165) is 18.5 Å². The molecule has 0 spiro atoms. The third-order valence-corrected chi connectivity index (χ3v) is 5.51. The molecule has 2 bridgehead atoms. The van der Waals surface area contributed by atoms with Crippen LogP contribution < -0.4 is 10.6 Å². The van der Waals surface area contributed by atoms with Crippen LogP contribution in [0.25, 0.3) is 0 Å². The summed E-state index contributed by atoms with van der Waals surface area (Å²) in [5.41, 5.74) is 8.54. The predicted molar refractivity (Wildman–Crippen MR) is 86.1 cm³/mol. The summed E-state index contributed by atoms with van der Waals surface area (Å²) in [5, 5.41) is 0. The number of benzene rings is 1. The third-order valence-electron chi connectivity index (χ3n) is 5.51. The molecule has 0 saturated heterocycles. The molecule has 21 heavy (non-hydrogen) atoms. The summed E-state index contributed by atoms with van der Waals surface area (Å²) in [6.07, 6.45) is 5.66. The molecule has 0 aromatic heterocycles. The van der Waals surface area contributed by atoms with Gasteiger partial charge in [-0.05, 0) is 56.6 Å². The van der Waals surface area contributed by atoms with Crippen molar-refractivity contribution in [2.75, 3.05) is 11.9 Å². The number of rotatable bonds is 2. The van der Waals surface area contributed by atoms with Crippen LogP contribution in [0.4, 0.5) is 5.69 Å². The average molecular weight is 286 g/mol. The van der Waals surface area contributed by atoms with Gasteiger partial charge >= 0.3 is 0 Å². The average Bonchev–Trinajstić information content (AvgIpc) is 2.46. The summed E-state index contributed by atoms with van der Waals surface area (Å²) in [5.74, 6) is 1.53. The predicted octanol–water partition coefficient (Wildman–Crippen LogP) is 3.11. The number of fused-ring (bicyclic) bond motifs is 2. The van der Waals surface area contributed by atoms with Crippen LogP contribution in [0.5, 0.6) is 0 Å². The third kappa shape index (κ3) is 2.84. The molecule has 0 radical (unpaired) electrons. The van der Waals surface area contributed by atoms with E-state index in [2.05, 4.69) is 19.1 Å². The highest BCUT2D eigenvalue weighted by Gasteiger charge is 2.41. The number of nitrogens with two attached hydrogens (primary N) is 1. The fourth-order valence-electron chi connectivity index (χ4n) is 4.16. The van der Waals surface area contributed by atoms with Crippen LogP contribution in [0.1, 0.15) is 37.7 Å². The Kier molecular flexibility index (Phi) is 4.03. The molecular weight excluding hydrogens is 260 g/mol. The Balaban J connectivity index is 1.71. The van der Waals surface area contributed by atoms with E-state index < -0.39 is 0 Å². The van der Waals surface area contributed by atoms with Gasteiger partial charge in [0.25, 0.3) is 0 Å². The molecule has 1 amide bonds. The lowest BCUT2D eigenvalue weighted by molar-refractivity contribution is -0.124. The number of hydrogen-bond acceptors (Lipinski definition) is 2. The maximum absolute atomic E-state index is 12.8. The topological polar surface area (TPSA) is 46.3 Å². The fraction of sp³-hybridized carbons (Fsp3) is 0.611. The standard InChI is InChI=1S/C18H26N2O/c1-12-6-8-16(9-7-12)20(2)18(21)15-10-13-4-3-5-14(11-15)17(13)19/h6-9,13-15,17H,3-5,10-11,19H2,1-2H3. The summed E-state index contributed by atoms with van der Waals surface area (Å²) in [7, 11) is 1.90. The molecule has 114 valence electrons. The molecule has 1 aromatic rings. The maximum Gasteiger partial charge on any atom is 0.229 e. The van der Waals surface area contributed by atoms with Crippen LogP contribution in [0.15, 0.2) is 24.3 Å². The second kappa shape index (κ2) is 5.80. The van der Waals surface area contributed by atoms with Crippen LogP contribution in [0.3, 0.4) is 0 Å². The van der Waals surface area contributed by atoms with Crippen LogP contribution in [-0.2, 0) is 4.79 Å². The molecule has 0 heterocycles. The summed E-state index contributed by atoms with van der Waals surface area (Å²) < 4.78 is 0. The Morgan fingerprint density at radius 1 is 1.14 bits per heavy atom. The van der Waals surface area contributed by atoms with E-state index in [1.54, 1.807) is 0 Å². The molecule has 2 atom stereocenters. The van der Waals surface area contributed by atoms with Gasteiger partial charge in [0.15, 0.2) is 0 Å². The number of carbonyl (C=O) groups excluding carboxylic acids is 1. The van der Waals surface area contributed by atoms with Crippen LogP contribution in [0.2, 0.25) is 0 Å². The fourth-order valence-corrected chi connectivity index (χ4v) is 4.16. The molecule has 2 N–H and O–H groups in total. The molecular formula is C18H26N2O. The van der Waals surface area contributed by atoms with Crippen molar-refractivity contribution >= 4 is 11.6 Å². The van der Waals surface area contributed by atoms with Gasteiger partial charge in [0, 0.05) is 24.7 Å². The lowest BCUT2D eigenvalue weighted by Crippen LogP contribution is -2.49. The Morgan fingerprint density at radius 2 is 1.71 bits per heavy atom. The zero-order chi connectivity index (χ0) is 15.0. The van der Waals surface area contributed by atoms with Crippen LogP contribution in [-0.4, -0.2) is 19.0 Å². The second-order valence-electron chi connectivity index (χ2n) is 6.93. The Bertz CT molecular complexity index is 496. The van der Waals surface area contributed by atoms with Crippen molar-refractivity contribution in [3.63, 3.8) is 0 Å². The highest BCUT2D eigenvalue weighted by Crippen LogP contribution is 2.42. The summed E-state index contributed by atoms with van der Waals surface area (Å²) in [4.78, 5) is 14.6. The number of amides is 1. The van der Waals surface area contributed by atoms with Gasteiger partial charge in [0.2, 0.25) is 5.91 Å². The lowest BCUT2D eigenvalue weighted by Gasteiger charge is -2.44. The quantitative estimate of drug-likeness (QED) is 0.908. The SMILES string of the molecule is Cc1ccc(N(C)C(=O)C2CC3CCCC(C2)C3N)cc1. The monoisotopic (exact) mass is 286 g/mol. The molecule has 3 nitrogen and oxygen atoms in total. The molecule has 3 rings (SSSR count). The Hall–Kier alpha value is -1.35. The van der Waals surface area contributed by atoms with Gasteiger partial charge < -0.3 is 10.6 Å². The lowest BCUT2D eigenvalue weighted by atomic mass is 9.65. The van der Waals surface area contributed by atoms with Gasteiger partial charge in [0.05, 0.1) is 0 Å². The van der Waals surface area contributed by atoms with Gasteiger partial charge in [-0.25, -0.2) is 0 Å². The zero-order valence-electron chi connectivity index (χ0n) is 13.1. The van der Waals surface area contributed by atoms with E-state index in [0.29, 0.717) is 17.9 Å². The number of anilines is 1. The molecule has 2 unspecified atom stereocenters.